The molecule has 2 rings (SSSR count). The minimum Gasteiger partial charge on any atom is -0.481 e. The van der Waals surface area contributed by atoms with Crippen LogP contribution in [-0.2, 0) is 4.79 Å². The van der Waals surface area contributed by atoms with Crippen LogP contribution in [0.5, 0.6) is 0 Å². The van der Waals surface area contributed by atoms with Crippen LogP contribution in [0.1, 0.15) is 33.1 Å². The van der Waals surface area contributed by atoms with Crippen molar-refractivity contribution in [2.45, 2.75) is 33.1 Å². The number of rotatable bonds is 2. The summed E-state index contributed by atoms with van der Waals surface area (Å²) >= 11 is 0. The molecule has 1 N–H and O–H groups in total. The molecule has 0 saturated heterocycles. The Labute approximate surface area is 90.7 Å². The molecular weight excluding hydrogens is 188 g/mol. The molecule has 0 amide bonds. The molecule has 0 bridgehead atoms. The van der Waals surface area contributed by atoms with Gasteiger partial charge in [-0.2, -0.15) is 0 Å². The van der Waals surface area contributed by atoms with Gasteiger partial charge in [0, 0.05) is 0 Å². The summed E-state index contributed by atoms with van der Waals surface area (Å²) in [5, 5.41) is 9.28. The lowest BCUT2D eigenvalue weighted by Gasteiger charge is -2.35. The Morgan fingerprint density at radius 3 is 2.67 bits per heavy atom. The number of hydrogen-bond acceptors (Lipinski definition) is 1. The highest BCUT2D eigenvalue weighted by atomic mass is 16.4. The van der Waals surface area contributed by atoms with E-state index in [1.165, 1.54) is 24.8 Å². The lowest BCUT2D eigenvalue weighted by atomic mass is 9.69. The van der Waals surface area contributed by atoms with Crippen molar-refractivity contribution in [3.05, 3.63) is 23.8 Å². The van der Waals surface area contributed by atoms with E-state index in [1.54, 1.807) is 0 Å². The van der Waals surface area contributed by atoms with Gasteiger partial charge in [-0.3, -0.25) is 4.79 Å². The fourth-order valence-corrected chi connectivity index (χ4v) is 2.23. The molecule has 0 spiro atoms. The molecule has 0 aliphatic heterocycles. The molecule has 2 unspecified atom stereocenters. The summed E-state index contributed by atoms with van der Waals surface area (Å²) in [5.74, 6) is -0.0116. The second-order valence-corrected chi connectivity index (χ2v) is 5.01. The SMILES string of the molecule is CC1C=CC(C2CCC2)=CC1(C)C(=O)O. The number of carbonyl (C=O) groups is 1. The minimum atomic E-state index is -0.712. The molecule has 0 heterocycles. The van der Waals surface area contributed by atoms with Crippen molar-refractivity contribution < 1.29 is 9.90 Å². The predicted octanol–water partition coefficient (Wildman–Crippen LogP) is 3.01. The smallest absolute Gasteiger partial charge is 0.313 e. The molecule has 0 aromatic heterocycles. The van der Waals surface area contributed by atoms with Crippen LogP contribution in [0.3, 0.4) is 0 Å². The zero-order chi connectivity index (χ0) is 11.1. The van der Waals surface area contributed by atoms with Crippen LogP contribution in [0.25, 0.3) is 0 Å². The molecule has 2 aliphatic carbocycles. The zero-order valence-corrected chi connectivity index (χ0v) is 9.36. The third-order valence-electron chi connectivity index (χ3n) is 4.03. The van der Waals surface area contributed by atoms with Crippen LogP contribution in [0.2, 0.25) is 0 Å². The first kappa shape index (κ1) is 10.5. The number of hydrogen-bond donors (Lipinski definition) is 1. The number of allylic oxidation sites excluding steroid dienone is 3. The fraction of sp³-hybridized carbons (Fsp3) is 0.615. The summed E-state index contributed by atoms with van der Waals surface area (Å²) in [7, 11) is 0. The first-order chi connectivity index (χ1) is 7.04. The van der Waals surface area contributed by atoms with E-state index in [4.69, 9.17) is 0 Å². The summed E-state index contributed by atoms with van der Waals surface area (Å²) in [5.41, 5.74) is 0.531. The minimum absolute atomic E-state index is 0.0822. The molecule has 0 aromatic rings. The molecule has 0 aromatic carbocycles. The van der Waals surface area contributed by atoms with E-state index < -0.39 is 11.4 Å². The van der Waals surface area contributed by atoms with Gasteiger partial charge in [-0.05, 0) is 37.2 Å². The highest BCUT2D eigenvalue weighted by Crippen LogP contribution is 2.42. The zero-order valence-electron chi connectivity index (χ0n) is 9.36. The van der Waals surface area contributed by atoms with Crippen LogP contribution < -0.4 is 0 Å². The van der Waals surface area contributed by atoms with Crippen molar-refractivity contribution in [2.75, 3.05) is 0 Å². The van der Waals surface area contributed by atoms with Crippen molar-refractivity contribution >= 4 is 5.97 Å². The Kier molecular flexibility index (Phi) is 2.45. The van der Waals surface area contributed by atoms with Crippen molar-refractivity contribution in [1.29, 1.82) is 0 Å². The third kappa shape index (κ3) is 1.62. The summed E-state index contributed by atoms with van der Waals surface area (Å²) in [6.45, 7) is 3.79. The summed E-state index contributed by atoms with van der Waals surface area (Å²) in [6, 6.07) is 0. The second-order valence-electron chi connectivity index (χ2n) is 5.01. The van der Waals surface area contributed by atoms with E-state index in [1.807, 2.05) is 26.0 Å². The van der Waals surface area contributed by atoms with Gasteiger partial charge >= 0.3 is 5.97 Å². The van der Waals surface area contributed by atoms with Crippen molar-refractivity contribution in [2.24, 2.45) is 17.3 Å². The average molecular weight is 206 g/mol. The van der Waals surface area contributed by atoms with E-state index in [0.29, 0.717) is 5.92 Å². The number of carboxylic acid groups (broad SMARTS) is 1. The number of aliphatic carboxylic acids is 1. The monoisotopic (exact) mass is 206 g/mol. The van der Waals surface area contributed by atoms with Gasteiger partial charge < -0.3 is 5.11 Å². The van der Waals surface area contributed by atoms with E-state index in [9.17, 15) is 9.90 Å². The van der Waals surface area contributed by atoms with E-state index in [2.05, 4.69) is 6.08 Å². The van der Waals surface area contributed by atoms with E-state index in [0.717, 1.165) is 0 Å². The van der Waals surface area contributed by atoms with Gasteiger partial charge in [-0.15, -0.1) is 0 Å². The first-order valence-electron chi connectivity index (χ1n) is 5.68. The summed E-state index contributed by atoms with van der Waals surface area (Å²) < 4.78 is 0. The summed E-state index contributed by atoms with van der Waals surface area (Å²) in [4.78, 5) is 11.3. The van der Waals surface area contributed by atoms with Crippen molar-refractivity contribution in [3.8, 4) is 0 Å². The van der Waals surface area contributed by atoms with Gasteiger partial charge in [0.1, 0.15) is 0 Å². The maximum atomic E-state index is 11.3. The van der Waals surface area contributed by atoms with Crippen LogP contribution in [0, 0.1) is 17.3 Å². The van der Waals surface area contributed by atoms with Gasteiger partial charge in [-0.1, -0.05) is 31.6 Å². The molecule has 1 fully saturated rings. The van der Waals surface area contributed by atoms with Crippen molar-refractivity contribution in [1.82, 2.24) is 0 Å². The predicted molar refractivity (Wildman–Crippen MR) is 59.5 cm³/mol. The quantitative estimate of drug-likeness (QED) is 0.754. The van der Waals surface area contributed by atoms with Crippen LogP contribution >= 0.6 is 0 Å². The van der Waals surface area contributed by atoms with E-state index in [-0.39, 0.29) is 5.92 Å². The summed E-state index contributed by atoms with van der Waals surface area (Å²) in [6.07, 6.45) is 9.88. The maximum Gasteiger partial charge on any atom is 0.313 e. The first-order valence-corrected chi connectivity index (χ1v) is 5.68. The lowest BCUT2D eigenvalue weighted by Crippen LogP contribution is -2.34. The maximum absolute atomic E-state index is 11.3. The Hall–Kier alpha value is -1.05. The number of carboxylic acids is 1. The molecule has 2 aliphatic rings. The van der Waals surface area contributed by atoms with E-state index >= 15 is 0 Å². The second kappa shape index (κ2) is 3.51. The largest absolute Gasteiger partial charge is 0.481 e. The average Bonchev–Trinajstić information content (AvgIpc) is 2.08. The highest BCUT2D eigenvalue weighted by Gasteiger charge is 2.39. The molecule has 0 radical (unpaired) electrons. The normalized spacial score (nSPS) is 35.9. The molecule has 2 heteroatoms. The van der Waals surface area contributed by atoms with Crippen molar-refractivity contribution in [3.63, 3.8) is 0 Å². The third-order valence-corrected chi connectivity index (χ3v) is 4.03. The Morgan fingerprint density at radius 1 is 1.53 bits per heavy atom. The highest BCUT2D eigenvalue weighted by molar-refractivity contribution is 5.78. The topological polar surface area (TPSA) is 37.3 Å². The molecular formula is C13H18O2. The fourth-order valence-electron chi connectivity index (χ4n) is 2.23. The van der Waals surface area contributed by atoms with Crippen LogP contribution in [0.4, 0.5) is 0 Å². The lowest BCUT2D eigenvalue weighted by molar-refractivity contribution is -0.146. The Bertz CT molecular complexity index is 336. The molecule has 2 atom stereocenters. The van der Waals surface area contributed by atoms with Gasteiger partial charge in [-0.25, -0.2) is 0 Å². The molecule has 1 saturated carbocycles. The molecule has 2 nitrogen and oxygen atoms in total. The Morgan fingerprint density at radius 2 is 2.20 bits per heavy atom. The molecule has 15 heavy (non-hydrogen) atoms. The van der Waals surface area contributed by atoms with Crippen LogP contribution in [0.15, 0.2) is 23.8 Å². The van der Waals surface area contributed by atoms with Gasteiger partial charge in [0.15, 0.2) is 0 Å². The Balaban J connectivity index is 2.27. The van der Waals surface area contributed by atoms with Gasteiger partial charge in [0.05, 0.1) is 5.41 Å². The standard InChI is InChI=1S/C13H18O2/c1-9-6-7-11(10-4-3-5-10)8-13(9,2)12(14)15/h6-10H,3-5H2,1-2H3,(H,14,15). The van der Waals surface area contributed by atoms with Crippen LogP contribution in [-0.4, -0.2) is 11.1 Å². The van der Waals surface area contributed by atoms with Gasteiger partial charge in [0.25, 0.3) is 0 Å². The molecule has 82 valence electrons. The van der Waals surface area contributed by atoms with Gasteiger partial charge in [0.2, 0.25) is 0 Å².